The summed E-state index contributed by atoms with van der Waals surface area (Å²) in [6.07, 6.45) is 0. The number of nitrogens with zero attached hydrogens (tertiary/aromatic N) is 3. The fourth-order valence-corrected chi connectivity index (χ4v) is 2.39. The first kappa shape index (κ1) is 12.6. The van der Waals surface area contributed by atoms with Crippen LogP contribution in [0, 0.1) is 10.1 Å². The average Bonchev–Trinajstić information content (AvgIpc) is 2.87. The van der Waals surface area contributed by atoms with Crippen LogP contribution in [0.4, 0.5) is 5.69 Å². The minimum absolute atomic E-state index is 0.0531. The maximum absolute atomic E-state index is 10.9. The highest BCUT2D eigenvalue weighted by Crippen LogP contribution is 2.32. The van der Waals surface area contributed by atoms with Crippen LogP contribution in [0.3, 0.4) is 0 Å². The van der Waals surface area contributed by atoms with E-state index < -0.39 is 4.92 Å². The van der Waals surface area contributed by atoms with E-state index in [2.05, 4.69) is 15.5 Å². The van der Waals surface area contributed by atoms with E-state index in [9.17, 15) is 10.1 Å². The molecule has 94 valence electrons. The summed E-state index contributed by atoms with van der Waals surface area (Å²) in [4.78, 5) is 10.5. The van der Waals surface area contributed by atoms with Gasteiger partial charge in [0.25, 0.3) is 5.69 Å². The third-order valence-corrected chi connectivity index (χ3v) is 3.71. The van der Waals surface area contributed by atoms with Crippen LogP contribution in [0.1, 0.15) is 18.0 Å². The van der Waals surface area contributed by atoms with Crippen molar-refractivity contribution in [3.8, 4) is 10.6 Å². The highest BCUT2D eigenvalue weighted by atomic mass is 32.1. The van der Waals surface area contributed by atoms with Crippen molar-refractivity contribution in [2.24, 2.45) is 0 Å². The molecular weight excluding hydrogens is 252 g/mol. The van der Waals surface area contributed by atoms with E-state index in [1.165, 1.54) is 17.4 Å². The summed E-state index contributed by atoms with van der Waals surface area (Å²) in [7, 11) is 1.83. The molecule has 0 radical (unpaired) electrons. The van der Waals surface area contributed by atoms with Crippen molar-refractivity contribution in [3.05, 3.63) is 39.4 Å². The molecule has 6 nitrogen and oxygen atoms in total. The topological polar surface area (TPSA) is 81.0 Å². The molecule has 0 spiro atoms. The Bertz CT molecular complexity index is 570. The number of hydrogen-bond donors (Lipinski definition) is 1. The van der Waals surface area contributed by atoms with Crippen LogP contribution in [0.5, 0.6) is 0 Å². The standard InChI is InChI=1S/C11H12N4O2S/c1-7(12-2)10-13-14-11(18-10)8-5-3-4-6-9(8)15(16)17/h3-7,12H,1-2H3. The summed E-state index contributed by atoms with van der Waals surface area (Å²) in [6, 6.07) is 6.63. The Morgan fingerprint density at radius 1 is 1.39 bits per heavy atom. The van der Waals surface area contributed by atoms with Crippen molar-refractivity contribution in [3.63, 3.8) is 0 Å². The molecule has 1 N–H and O–H groups in total. The van der Waals surface area contributed by atoms with Gasteiger partial charge in [-0.25, -0.2) is 0 Å². The Hall–Kier alpha value is -1.86. The largest absolute Gasteiger partial charge is 0.311 e. The van der Waals surface area contributed by atoms with Gasteiger partial charge in [-0.15, -0.1) is 10.2 Å². The Morgan fingerprint density at radius 2 is 2.11 bits per heavy atom. The molecule has 0 aliphatic rings. The molecule has 0 amide bonds. The SMILES string of the molecule is CNC(C)c1nnc(-c2ccccc2[N+](=O)[O-])s1. The summed E-state index contributed by atoms with van der Waals surface area (Å²) in [5.74, 6) is 0. The zero-order chi connectivity index (χ0) is 13.1. The molecule has 7 heteroatoms. The molecule has 2 aromatic rings. The van der Waals surface area contributed by atoms with Gasteiger partial charge in [-0.1, -0.05) is 23.5 Å². The fourth-order valence-electron chi connectivity index (χ4n) is 1.46. The first-order valence-electron chi connectivity index (χ1n) is 5.38. The van der Waals surface area contributed by atoms with Gasteiger partial charge in [0, 0.05) is 6.07 Å². The molecule has 1 unspecified atom stereocenters. The van der Waals surface area contributed by atoms with E-state index in [0.29, 0.717) is 10.6 Å². The smallest absolute Gasteiger partial charge is 0.279 e. The molecule has 0 bridgehead atoms. The van der Waals surface area contributed by atoms with E-state index in [-0.39, 0.29) is 11.7 Å². The van der Waals surface area contributed by atoms with Crippen LogP contribution in [-0.4, -0.2) is 22.2 Å². The van der Waals surface area contributed by atoms with Crippen molar-refractivity contribution in [1.29, 1.82) is 0 Å². The molecule has 0 saturated heterocycles. The van der Waals surface area contributed by atoms with Crippen LogP contribution in [0.2, 0.25) is 0 Å². The van der Waals surface area contributed by atoms with Gasteiger partial charge >= 0.3 is 0 Å². The van der Waals surface area contributed by atoms with Crippen LogP contribution >= 0.6 is 11.3 Å². The summed E-state index contributed by atoms with van der Waals surface area (Å²) >= 11 is 1.36. The zero-order valence-electron chi connectivity index (χ0n) is 9.95. The minimum Gasteiger partial charge on any atom is -0.311 e. The number of hydrogen-bond acceptors (Lipinski definition) is 6. The van der Waals surface area contributed by atoms with Crippen LogP contribution in [-0.2, 0) is 0 Å². The molecule has 1 aromatic carbocycles. The number of nitrogens with one attached hydrogen (secondary N) is 1. The predicted molar refractivity (Wildman–Crippen MR) is 69.5 cm³/mol. The number of rotatable bonds is 4. The zero-order valence-corrected chi connectivity index (χ0v) is 10.8. The molecule has 0 fully saturated rings. The van der Waals surface area contributed by atoms with Crippen molar-refractivity contribution >= 4 is 17.0 Å². The monoisotopic (exact) mass is 264 g/mol. The molecule has 1 aromatic heterocycles. The number of para-hydroxylation sites is 1. The Labute approximate surface area is 108 Å². The Morgan fingerprint density at radius 3 is 2.78 bits per heavy atom. The van der Waals surface area contributed by atoms with Crippen LogP contribution < -0.4 is 5.32 Å². The number of aromatic nitrogens is 2. The molecule has 1 atom stereocenters. The summed E-state index contributed by atoms with van der Waals surface area (Å²) in [6.45, 7) is 1.96. The second-order valence-electron chi connectivity index (χ2n) is 3.73. The molecule has 0 saturated carbocycles. The van der Waals surface area contributed by atoms with E-state index in [1.54, 1.807) is 18.2 Å². The minimum atomic E-state index is -0.405. The summed E-state index contributed by atoms with van der Waals surface area (Å²) in [5, 5.41) is 23.4. The lowest BCUT2D eigenvalue weighted by Crippen LogP contribution is -2.11. The van der Waals surface area contributed by atoms with Crippen LogP contribution in [0.25, 0.3) is 10.6 Å². The van der Waals surface area contributed by atoms with Gasteiger partial charge in [-0.05, 0) is 20.0 Å². The van der Waals surface area contributed by atoms with Gasteiger partial charge in [-0.2, -0.15) is 0 Å². The number of nitro benzene ring substituents is 1. The lowest BCUT2D eigenvalue weighted by molar-refractivity contribution is -0.384. The van der Waals surface area contributed by atoms with Gasteiger partial charge in [0.15, 0.2) is 5.01 Å². The average molecular weight is 264 g/mol. The fraction of sp³-hybridized carbons (Fsp3) is 0.273. The molecular formula is C11H12N4O2S. The molecule has 1 heterocycles. The molecule has 0 aliphatic carbocycles. The highest BCUT2D eigenvalue weighted by molar-refractivity contribution is 7.14. The van der Waals surface area contributed by atoms with Crippen molar-refractivity contribution in [2.45, 2.75) is 13.0 Å². The van der Waals surface area contributed by atoms with E-state index in [1.807, 2.05) is 14.0 Å². The third-order valence-electron chi connectivity index (χ3n) is 2.58. The second-order valence-corrected chi connectivity index (χ2v) is 4.74. The summed E-state index contributed by atoms with van der Waals surface area (Å²) < 4.78 is 0. The van der Waals surface area contributed by atoms with Crippen molar-refractivity contribution in [1.82, 2.24) is 15.5 Å². The van der Waals surface area contributed by atoms with Crippen molar-refractivity contribution < 1.29 is 4.92 Å². The maximum Gasteiger partial charge on any atom is 0.279 e. The molecule has 18 heavy (non-hydrogen) atoms. The first-order valence-corrected chi connectivity index (χ1v) is 6.19. The normalized spacial score (nSPS) is 12.3. The van der Waals surface area contributed by atoms with Gasteiger partial charge in [-0.3, -0.25) is 10.1 Å². The van der Waals surface area contributed by atoms with Gasteiger partial charge in [0.1, 0.15) is 5.01 Å². The predicted octanol–water partition coefficient (Wildman–Crippen LogP) is 2.39. The number of benzene rings is 1. The van der Waals surface area contributed by atoms with Crippen molar-refractivity contribution in [2.75, 3.05) is 7.05 Å². The Balaban J connectivity index is 2.43. The summed E-state index contributed by atoms with van der Waals surface area (Å²) in [5.41, 5.74) is 0.562. The molecule has 0 aliphatic heterocycles. The van der Waals surface area contributed by atoms with Gasteiger partial charge in [0.2, 0.25) is 0 Å². The second kappa shape index (κ2) is 5.19. The number of nitro groups is 1. The lowest BCUT2D eigenvalue weighted by Gasteiger charge is -2.02. The maximum atomic E-state index is 10.9. The highest BCUT2D eigenvalue weighted by Gasteiger charge is 2.19. The third kappa shape index (κ3) is 2.36. The first-order chi connectivity index (χ1) is 8.63. The quantitative estimate of drug-likeness (QED) is 0.677. The Kier molecular flexibility index (Phi) is 3.63. The van der Waals surface area contributed by atoms with Gasteiger partial charge < -0.3 is 5.32 Å². The van der Waals surface area contributed by atoms with Crippen LogP contribution in [0.15, 0.2) is 24.3 Å². The van der Waals surface area contributed by atoms with E-state index in [4.69, 9.17) is 0 Å². The lowest BCUT2D eigenvalue weighted by atomic mass is 10.2. The molecule has 2 rings (SSSR count). The van der Waals surface area contributed by atoms with E-state index in [0.717, 1.165) is 5.01 Å². The van der Waals surface area contributed by atoms with Gasteiger partial charge in [0.05, 0.1) is 16.5 Å². The van der Waals surface area contributed by atoms with E-state index >= 15 is 0 Å².